The minimum atomic E-state index is -2.93. The Labute approximate surface area is 161 Å². The van der Waals surface area contributed by atoms with Crippen molar-refractivity contribution in [3.05, 3.63) is 53.6 Å². The number of esters is 1. The third kappa shape index (κ3) is 4.57. The molecule has 6 nitrogen and oxygen atoms in total. The summed E-state index contributed by atoms with van der Waals surface area (Å²) in [4.78, 5) is 26.6. The standard InChI is InChI=1S/C20H20F2N2O4/c1-27-19(26)14-6-9-17(24-10-2-3-11-24)16(12-14)23-18(25)13-4-7-15(8-5-13)28-20(21)22/h4-9,12,20H,2-3,10-11H2,1H3,(H,23,25). The maximum absolute atomic E-state index is 12.6. The first-order chi connectivity index (χ1) is 13.5. The third-order valence-electron chi connectivity index (χ3n) is 4.45. The topological polar surface area (TPSA) is 67.9 Å². The summed E-state index contributed by atoms with van der Waals surface area (Å²) in [6.07, 6.45) is 2.11. The van der Waals surface area contributed by atoms with E-state index in [0.717, 1.165) is 31.6 Å². The van der Waals surface area contributed by atoms with Crippen LogP contribution in [0.25, 0.3) is 0 Å². The van der Waals surface area contributed by atoms with Crippen LogP contribution >= 0.6 is 0 Å². The molecule has 0 aliphatic carbocycles. The van der Waals surface area contributed by atoms with Crippen LogP contribution in [0.2, 0.25) is 0 Å². The molecule has 0 unspecified atom stereocenters. The van der Waals surface area contributed by atoms with Gasteiger partial charge in [0.05, 0.1) is 24.0 Å². The molecule has 1 amide bonds. The fourth-order valence-corrected chi connectivity index (χ4v) is 3.10. The second-order valence-corrected chi connectivity index (χ2v) is 6.27. The van der Waals surface area contributed by atoms with Crippen molar-refractivity contribution in [1.29, 1.82) is 0 Å². The highest BCUT2D eigenvalue weighted by molar-refractivity contribution is 6.07. The summed E-state index contributed by atoms with van der Waals surface area (Å²) in [6.45, 7) is -1.20. The molecule has 1 saturated heterocycles. The van der Waals surface area contributed by atoms with Crippen LogP contribution in [0, 0.1) is 0 Å². The normalized spacial score (nSPS) is 13.5. The van der Waals surface area contributed by atoms with Gasteiger partial charge in [-0.15, -0.1) is 0 Å². The molecule has 2 aromatic rings. The van der Waals surface area contributed by atoms with Gasteiger partial charge in [0.15, 0.2) is 0 Å². The number of alkyl halides is 2. The van der Waals surface area contributed by atoms with E-state index < -0.39 is 18.5 Å². The summed E-state index contributed by atoms with van der Waals surface area (Å²) in [5, 5.41) is 2.81. The smallest absolute Gasteiger partial charge is 0.387 e. The third-order valence-corrected chi connectivity index (χ3v) is 4.45. The quantitative estimate of drug-likeness (QED) is 0.757. The highest BCUT2D eigenvalue weighted by Crippen LogP contribution is 2.31. The summed E-state index contributed by atoms with van der Waals surface area (Å²) in [5.41, 5.74) is 1.90. The Morgan fingerprint density at radius 1 is 1.04 bits per heavy atom. The highest BCUT2D eigenvalue weighted by atomic mass is 19.3. The predicted molar refractivity (Wildman–Crippen MR) is 100 cm³/mol. The molecule has 1 aliphatic heterocycles. The van der Waals surface area contributed by atoms with Gasteiger partial charge in [-0.25, -0.2) is 4.79 Å². The second-order valence-electron chi connectivity index (χ2n) is 6.27. The predicted octanol–water partition coefficient (Wildman–Crippen LogP) is 3.93. The Bertz CT molecular complexity index is 850. The lowest BCUT2D eigenvalue weighted by molar-refractivity contribution is -0.0498. The molecule has 0 aromatic heterocycles. The van der Waals surface area contributed by atoms with Gasteiger partial charge in [0.2, 0.25) is 0 Å². The van der Waals surface area contributed by atoms with Crippen LogP contribution in [0.4, 0.5) is 20.2 Å². The Morgan fingerprint density at radius 2 is 1.68 bits per heavy atom. The first kappa shape index (κ1) is 19.6. The van der Waals surface area contributed by atoms with Crippen LogP contribution in [0.15, 0.2) is 42.5 Å². The largest absolute Gasteiger partial charge is 0.465 e. The van der Waals surface area contributed by atoms with Gasteiger partial charge in [-0.1, -0.05) is 0 Å². The molecule has 28 heavy (non-hydrogen) atoms. The number of nitrogens with zero attached hydrogens (tertiary/aromatic N) is 1. The van der Waals surface area contributed by atoms with Gasteiger partial charge in [-0.3, -0.25) is 4.79 Å². The highest BCUT2D eigenvalue weighted by Gasteiger charge is 2.19. The summed E-state index contributed by atoms with van der Waals surface area (Å²) < 4.78 is 33.5. The summed E-state index contributed by atoms with van der Waals surface area (Å²) in [5.74, 6) is -0.958. The Balaban J connectivity index is 1.84. The van der Waals surface area contributed by atoms with Crippen molar-refractivity contribution in [3.63, 3.8) is 0 Å². The molecule has 8 heteroatoms. The zero-order valence-electron chi connectivity index (χ0n) is 15.3. The first-order valence-corrected chi connectivity index (χ1v) is 8.81. The van der Waals surface area contributed by atoms with Gasteiger partial charge >= 0.3 is 12.6 Å². The Hall–Kier alpha value is -3.16. The van der Waals surface area contributed by atoms with Crippen LogP contribution in [0.5, 0.6) is 5.75 Å². The fraction of sp³-hybridized carbons (Fsp3) is 0.300. The van der Waals surface area contributed by atoms with E-state index in [1.54, 1.807) is 18.2 Å². The number of hydrogen-bond donors (Lipinski definition) is 1. The van der Waals surface area contributed by atoms with Crippen molar-refractivity contribution in [2.24, 2.45) is 0 Å². The molecule has 0 spiro atoms. The van der Waals surface area contributed by atoms with Crippen molar-refractivity contribution < 1.29 is 27.8 Å². The minimum Gasteiger partial charge on any atom is -0.465 e. The number of nitrogens with one attached hydrogen (secondary N) is 1. The molecule has 2 aromatic carbocycles. The lowest BCUT2D eigenvalue weighted by atomic mass is 10.1. The number of ether oxygens (including phenoxy) is 2. The van der Waals surface area contributed by atoms with E-state index in [2.05, 4.69) is 15.0 Å². The number of rotatable bonds is 6. The van der Waals surface area contributed by atoms with Crippen LogP contribution in [0.3, 0.4) is 0 Å². The lowest BCUT2D eigenvalue weighted by Crippen LogP contribution is -2.21. The number of carbonyl (C=O) groups is 2. The number of carbonyl (C=O) groups excluding carboxylic acids is 2. The summed E-state index contributed by atoms with van der Waals surface area (Å²) in [7, 11) is 1.29. The molecule has 1 aliphatic rings. The van der Waals surface area contributed by atoms with Crippen molar-refractivity contribution >= 4 is 23.3 Å². The van der Waals surface area contributed by atoms with Crippen molar-refractivity contribution in [3.8, 4) is 5.75 Å². The average Bonchev–Trinajstić information content (AvgIpc) is 3.22. The summed E-state index contributed by atoms with van der Waals surface area (Å²) in [6, 6.07) is 10.4. The maximum Gasteiger partial charge on any atom is 0.387 e. The van der Waals surface area contributed by atoms with Crippen LogP contribution in [-0.2, 0) is 4.74 Å². The van der Waals surface area contributed by atoms with Gasteiger partial charge < -0.3 is 19.7 Å². The fourth-order valence-electron chi connectivity index (χ4n) is 3.10. The van der Waals surface area contributed by atoms with Gasteiger partial charge in [-0.05, 0) is 55.3 Å². The first-order valence-electron chi connectivity index (χ1n) is 8.81. The number of methoxy groups -OCH3 is 1. The Morgan fingerprint density at radius 3 is 2.29 bits per heavy atom. The summed E-state index contributed by atoms with van der Waals surface area (Å²) >= 11 is 0. The second kappa shape index (κ2) is 8.69. The molecule has 1 fully saturated rings. The van der Waals surface area contributed by atoms with E-state index in [1.807, 2.05) is 0 Å². The number of hydrogen-bond acceptors (Lipinski definition) is 5. The van der Waals surface area contributed by atoms with Gasteiger partial charge in [0, 0.05) is 18.7 Å². The number of halogens is 2. The van der Waals surface area contributed by atoms with Crippen molar-refractivity contribution in [1.82, 2.24) is 0 Å². The molecule has 0 bridgehead atoms. The molecule has 3 rings (SSSR count). The molecule has 0 radical (unpaired) electrons. The Kier molecular flexibility index (Phi) is 6.08. The molecule has 1 N–H and O–H groups in total. The van der Waals surface area contributed by atoms with E-state index in [1.165, 1.54) is 31.4 Å². The maximum atomic E-state index is 12.6. The molecular formula is C20H20F2N2O4. The molecule has 0 saturated carbocycles. The van der Waals surface area contributed by atoms with Crippen LogP contribution < -0.4 is 15.0 Å². The van der Waals surface area contributed by atoms with E-state index in [0.29, 0.717) is 11.3 Å². The SMILES string of the molecule is COC(=O)c1ccc(N2CCCC2)c(NC(=O)c2ccc(OC(F)F)cc2)c1. The van der Waals surface area contributed by atoms with Crippen LogP contribution in [0.1, 0.15) is 33.6 Å². The van der Waals surface area contributed by atoms with Crippen LogP contribution in [-0.4, -0.2) is 38.7 Å². The lowest BCUT2D eigenvalue weighted by Gasteiger charge is -2.22. The van der Waals surface area contributed by atoms with E-state index >= 15 is 0 Å². The monoisotopic (exact) mass is 390 g/mol. The number of anilines is 2. The van der Waals surface area contributed by atoms with E-state index in [-0.39, 0.29) is 11.3 Å². The van der Waals surface area contributed by atoms with Gasteiger partial charge in [0.1, 0.15) is 5.75 Å². The minimum absolute atomic E-state index is 0.0306. The molecule has 0 atom stereocenters. The average molecular weight is 390 g/mol. The van der Waals surface area contributed by atoms with E-state index in [9.17, 15) is 18.4 Å². The van der Waals surface area contributed by atoms with Crippen molar-refractivity contribution in [2.75, 3.05) is 30.4 Å². The zero-order chi connectivity index (χ0) is 20.1. The number of amides is 1. The van der Waals surface area contributed by atoms with E-state index in [4.69, 9.17) is 4.74 Å². The molecule has 148 valence electrons. The van der Waals surface area contributed by atoms with Gasteiger partial charge in [-0.2, -0.15) is 8.78 Å². The van der Waals surface area contributed by atoms with Gasteiger partial charge in [0.25, 0.3) is 5.91 Å². The van der Waals surface area contributed by atoms with Crippen molar-refractivity contribution in [2.45, 2.75) is 19.5 Å². The molecule has 1 heterocycles. The molecular weight excluding hydrogens is 370 g/mol. The zero-order valence-corrected chi connectivity index (χ0v) is 15.3. The number of benzene rings is 2.